The minimum absolute atomic E-state index is 0.0177. The Morgan fingerprint density at radius 2 is 1.56 bits per heavy atom. The van der Waals surface area contributed by atoms with Crippen molar-refractivity contribution < 1.29 is 28.2 Å². The highest BCUT2D eigenvalue weighted by Gasteiger charge is 2.34. The molecular formula is C35H33FN2O5. The molecule has 0 aromatic heterocycles. The third-order valence-corrected chi connectivity index (χ3v) is 7.30. The average Bonchev–Trinajstić information content (AvgIpc) is 3.90. The largest absolute Gasteiger partial charge is 0.492 e. The first-order valence-corrected chi connectivity index (χ1v) is 14.2. The minimum Gasteiger partial charge on any atom is -0.492 e. The number of halogens is 1. The number of benzene rings is 4. The van der Waals surface area contributed by atoms with Gasteiger partial charge in [-0.05, 0) is 66.9 Å². The van der Waals surface area contributed by atoms with Gasteiger partial charge in [0.2, 0.25) is 5.91 Å². The van der Waals surface area contributed by atoms with Gasteiger partial charge in [-0.3, -0.25) is 9.59 Å². The molecule has 1 aliphatic carbocycles. The van der Waals surface area contributed by atoms with Crippen LogP contribution >= 0.6 is 0 Å². The highest BCUT2D eigenvalue weighted by Crippen LogP contribution is 2.33. The van der Waals surface area contributed by atoms with Crippen LogP contribution in [0.4, 0.5) is 15.8 Å². The number of carbonyl (C=O) groups is 3. The molecule has 1 amide bonds. The second kappa shape index (κ2) is 13.8. The summed E-state index contributed by atoms with van der Waals surface area (Å²) in [5.41, 5.74) is 3.06. The van der Waals surface area contributed by atoms with Gasteiger partial charge < -0.3 is 19.7 Å². The number of ether oxygens (including phenoxy) is 2. The number of nitrogens with one attached hydrogen (secondary N) is 1. The summed E-state index contributed by atoms with van der Waals surface area (Å²) >= 11 is 0. The van der Waals surface area contributed by atoms with Gasteiger partial charge in [0.1, 0.15) is 24.2 Å². The van der Waals surface area contributed by atoms with Gasteiger partial charge in [0.15, 0.2) is 5.78 Å². The van der Waals surface area contributed by atoms with Crippen molar-refractivity contribution in [2.75, 3.05) is 30.5 Å². The van der Waals surface area contributed by atoms with E-state index in [4.69, 9.17) is 9.47 Å². The molecule has 4 aromatic rings. The van der Waals surface area contributed by atoms with E-state index in [0.29, 0.717) is 41.2 Å². The maximum absolute atomic E-state index is 13.4. The molecule has 4 aromatic carbocycles. The number of anilines is 2. The van der Waals surface area contributed by atoms with E-state index in [1.54, 1.807) is 53.4 Å². The van der Waals surface area contributed by atoms with E-state index in [2.05, 4.69) is 5.32 Å². The third kappa shape index (κ3) is 7.65. The van der Waals surface area contributed by atoms with Crippen LogP contribution in [0.15, 0.2) is 103 Å². The van der Waals surface area contributed by atoms with Crippen molar-refractivity contribution in [2.45, 2.75) is 25.3 Å². The van der Waals surface area contributed by atoms with E-state index >= 15 is 0 Å². The Bertz CT molecular complexity index is 1550. The lowest BCUT2D eigenvalue weighted by Gasteiger charge is -2.23. The summed E-state index contributed by atoms with van der Waals surface area (Å²) in [5.74, 6) is -0.297. The van der Waals surface area contributed by atoms with Gasteiger partial charge in [-0.15, -0.1) is 0 Å². The van der Waals surface area contributed by atoms with E-state index in [-0.39, 0.29) is 30.0 Å². The van der Waals surface area contributed by atoms with Crippen molar-refractivity contribution in [3.8, 4) is 5.75 Å². The van der Waals surface area contributed by atoms with Gasteiger partial charge in [-0.2, -0.15) is 0 Å². The van der Waals surface area contributed by atoms with E-state index < -0.39 is 12.0 Å². The van der Waals surface area contributed by atoms with Crippen LogP contribution in [0.3, 0.4) is 0 Å². The first-order valence-electron chi connectivity index (χ1n) is 14.2. The lowest BCUT2D eigenvalue weighted by atomic mass is 10.00. The number of methoxy groups -OCH3 is 1. The summed E-state index contributed by atoms with van der Waals surface area (Å²) in [6, 6.07) is 28.6. The van der Waals surface area contributed by atoms with Gasteiger partial charge in [-0.1, -0.05) is 54.6 Å². The molecule has 1 N–H and O–H groups in total. The first kappa shape index (κ1) is 29.5. The number of rotatable bonds is 13. The Labute approximate surface area is 250 Å². The Morgan fingerprint density at radius 1 is 0.884 bits per heavy atom. The lowest BCUT2D eigenvalue weighted by molar-refractivity contribution is -0.141. The predicted molar refractivity (Wildman–Crippen MR) is 163 cm³/mol. The van der Waals surface area contributed by atoms with Crippen LogP contribution < -0.4 is 15.0 Å². The molecule has 0 spiro atoms. The number of amides is 1. The second-order valence-electron chi connectivity index (χ2n) is 10.4. The first-order chi connectivity index (χ1) is 20.9. The number of carbonyl (C=O) groups excluding carboxylic acids is 3. The van der Waals surface area contributed by atoms with Gasteiger partial charge in [-0.25, -0.2) is 9.18 Å². The SMILES string of the molecule is COC(=O)C(Cc1ccc(OCCN(C(=O)C2CC2)c2ccc(F)cc2)cc1)Nc1ccccc1C(=O)c1ccccc1. The number of hydrogen-bond donors (Lipinski definition) is 1. The maximum Gasteiger partial charge on any atom is 0.328 e. The number of nitrogens with zero attached hydrogens (tertiary/aromatic N) is 1. The molecule has 1 aliphatic rings. The topological polar surface area (TPSA) is 84.9 Å². The lowest BCUT2D eigenvalue weighted by Crippen LogP contribution is -2.35. The van der Waals surface area contributed by atoms with Crippen molar-refractivity contribution in [1.29, 1.82) is 0 Å². The number of ketones is 1. The van der Waals surface area contributed by atoms with Gasteiger partial charge >= 0.3 is 5.97 Å². The summed E-state index contributed by atoms with van der Waals surface area (Å²) in [6.07, 6.45) is 2.05. The molecule has 0 saturated heterocycles. The average molecular weight is 581 g/mol. The monoisotopic (exact) mass is 580 g/mol. The van der Waals surface area contributed by atoms with Crippen molar-refractivity contribution in [1.82, 2.24) is 0 Å². The summed E-state index contributed by atoms with van der Waals surface area (Å²) in [4.78, 5) is 40.4. The second-order valence-corrected chi connectivity index (χ2v) is 10.4. The van der Waals surface area contributed by atoms with Crippen LogP contribution in [0.5, 0.6) is 5.75 Å². The van der Waals surface area contributed by atoms with Crippen LogP contribution in [0.1, 0.15) is 34.3 Å². The molecule has 0 aliphatic heterocycles. The quantitative estimate of drug-likeness (QED) is 0.153. The molecule has 1 atom stereocenters. The van der Waals surface area contributed by atoms with E-state index in [9.17, 15) is 18.8 Å². The van der Waals surface area contributed by atoms with Gasteiger partial charge in [0, 0.05) is 34.8 Å². The van der Waals surface area contributed by atoms with Crippen molar-refractivity contribution in [3.63, 3.8) is 0 Å². The Balaban J connectivity index is 1.22. The third-order valence-electron chi connectivity index (χ3n) is 7.30. The van der Waals surface area contributed by atoms with Crippen molar-refractivity contribution >= 4 is 29.0 Å². The van der Waals surface area contributed by atoms with Crippen LogP contribution in [0, 0.1) is 11.7 Å². The maximum atomic E-state index is 13.4. The van der Waals surface area contributed by atoms with Gasteiger partial charge in [0.05, 0.1) is 13.7 Å². The Kier molecular flexibility index (Phi) is 9.46. The molecule has 0 bridgehead atoms. The zero-order valence-electron chi connectivity index (χ0n) is 23.9. The van der Waals surface area contributed by atoms with Crippen LogP contribution in [-0.4, -0.2) is 44.0 Å². The highest BCUT2D eigenvalue weighted by molar-refractivity contribution is 6.12. The normalized spacial score (nSPS) is 13.1. The Hall–Kier alpha value is -4.98. The minimum atomic E-state index is -0.737. The summed E-state index contributed by atoms with van der Waals surface area (Å²) in [6.45, 7) is 0.589. The molecule has 0 radical (unpaired) electrons. The van der Waals surface area contributed by atoms with Crippen molar-refractivity contribution in [3.05, 3.63) is 126 Å². The molecule has 1 unspecified atom stereocenters. The molecule has 0 heterocycles. The summed E-state index contributed by atoms with van der Waals surface area (Å²) in [5, 5.41) is 3.22. The number of hydrogen-bond acceptors (Lipinski definition) is 6. The molecule has 8 heteroatoms. The summed E-state index contributed by atoms with van der Waals surface area (Å²) in [7, 11) is 1.33. The summed E-state index contributed by atoms with van der Waals surface area (Å²) < 4.78 is 24.4. The zero-order chi connectivity index (χ0) is 30.2. The molecular weight excluding hydrogens is 547 g/mol. The standard InChI is InChI=1S/C35H33FN2O5/c1-42-35(41)32(37-31-10-6-5-9-30(31)33(39)25-7-3-2-4-8-25)23-24-11-19-29(20-12-24)43-22-21-38(34(40)26-13-14-26)28-17-15-27(36)16-18-28/h2-12,15-20,26,32,37H,13-14,21-23H2,1H3. The predicted octanol–water partition coefficient (Wildman–Crippen LogP) is 6.07. The fourth-order valence-electron chi connectivity index (χ4n) is 4.83. The fourth-order valence-corrected chi connectivity index (χ4v) is 4.83. The number of para-hydroxylation sites is 1. The zero-order valence-corrected chi connectivity index (χ0v) is 23.9. The van der Waals surface area contributed by atoms with E-state index in [1.807, 2.05) is 42.5 Å². The molecule has 7 nitrogen and oxygen atoms in total. The van der Waals surface area contributed by atoms with Crippen LogP contribution in [0.25, 0.3) is 0 Å². The molecule has 220 valence electrons. The fraction of sp³-hybridized carbons (Fsp3) is 0.229. The Morgan fingerprint density at radius 3 is 2.23 bits per heavy atom. The highest BCUT2D eigenvalue weighted by atomic mass is 19.1. The molecule has 5 rings (SSSR count). The van der Waals surface area contributed by atoms with E-state index in [1.165, 1.54) is 19.2 Å². The smallest absolute Gasteiger partial charge is 0.328 e. The van der Waals surface area contributed by atoms with Crippen LogP contribution in [0.2, 0.25) is 0 Å². The van der Waals surface area contributed by atoms with Gasteiger partial charge in [0.25, 0.3) is 0 Å². The number of esters is 1. The molecule has 1 saturated carbocycles. The van der Waals surface area contributed by atoms with E-state index in [0.717, 1.165) is 18.4 Å². The molecule has 43 heavy (non-hydrogen) atoms. The molecule has 1 fully saturated rings. The van der Waals surface area contributed by atoms with Crippen molar-refractivity contribution in [2.24, 2.45) is 5.92 Å². The van der Waals surface area contributed by atoms with Crippen LogP contribution in [-0.2, 0) is 20.7 Å².